The SMILES string of the molecule is CCN(CC)CC(=O)N1N=C(c2cccs2)C[C@H]1c1cccc(OC)c1O. The lowest BCUT2D eigenvalue weighted by molar-refractivity contribution is -0.134. The van der Waals surface area contributed by atoms with Crippen LogP contribution in [0.15, 0.2) is 40.8 Å². The summed E-state index contributed by atoms with van der Waals surface area (Å²) in [6, 6.07) is 8.99. The summed E-state index contributed by atoms with van der Waals surface area (Å²) in [6.45, 7) is 5.97. The molecule has 1 atom stereocenters. The minimum atomic E-state index is -0.347. The van der Waals surface area contributed by atoms with Crippen LogP contribution in [-0.2, 0) is 4.79 Å². The van der Waals surface area contributed by atoms with Crippen molar-refractivity contribution in [2.45, 2.75) is 26.3 Å². The second-order valence-electron chi connectivity index (χ2n) is 6.34. The molecular formula is C20H25N3O3S. The highest BCUT2D eigenvalue weighted by molar-refractivity contribution is 7.12. The van der Waals surface area contributed by atoms with Crippen LogP contribution in [0.5, 0.6) is 11.5 Å². The van der Waals surface area contributed by atoms with Gasteiger partial charge >= 0.3 is 0 Å². The molecule has 2 heterocycles. The molecule has 3 rings (SSSR count). The Bertz CT molecular complexity index is 816. The molecule has 27 heavy (non-hydrogen) atoms. The third-order valence-corrected chi connectivity index (χ3v) is 5.75. The molecule has 1 amide bonds. The summed E-state index contributed by atoms with van der Waals surface area (Å²) in [5.74, 6) is 0.388. The van der Waals surface area contributed by atoms with E-state index >= 15 is 0 Å². The number of rotatable bonds is 7. The molecular weight excluding hydrogens is 362 g/mol. The van der Waals surface area contributed by atoms with Gasteiger partial charge in [-0.05, 0) is 30.6 Å². The van der Waals surface area contributed by atoms with Crippen LogP contribution in [0.3, 0.4) is 0 Å². The highest BCUT2D eigenvalue weighted by atomic mass is 32.1. The normalized spacial score (nSPS) is 16.7. The molecule has 0 spiro atoms. The summed E-state index contributed by atoms with van der Waals surface area (Å²) < 4.78 is 5.24. The largest absolute Gasteiger partial charge is 0.504 e. The zero-order chi connectivity index (χ0) is 19.4. The van der Waals surface area contributed by atoms with Gasteiger partial charge in [0.2, 0.25) is 0 Å². The molecule has 1 aliphatic rings. The minimum absolute atomic E-state index is 0.0632. The number of phenols is 1. The molecule has 0 aliphatic carbocycles. The Morgan fingerprint density at radius 2 is 2.11 bits per heavy atom. The van der Waals surface area contributed by atoms with Gasteiger partial charge in [0, 0.05) is 12.0 Å². The zero-order valence-corrected chi connectivity index (χ0v) is 16.7. The Morgan fingerprint density at radius 3 is 2.74 bits per heavy atom. The van der Waals surface area contributed by atoms with E-state index in [1.807, 2.05) is 43.5 Å². The third-order valence-electron chi connectivity index (χ3n) is 4.83. The number of ether oxygens (including phenoxy) is 1. The van der Waals surface area contributed by atoms with E-state index in [0.29, 0.717) is 24.3 Å². The predicted molar refractivity (Wildman–Crippen MR) is 108 cm³/mol. The molecule has 0 radical (unpaired) electrons. The molecule has 0 saturated heterocycles. The van der Waals surface area contributed by atoms with E-state index in [4.69, 9.17) is 4.74 Å². The first-order valence-corrected chi connectivity index (χ1v) is 9.98. The van der Waals surface area contributed by atoms with Crippen molar-refractivity contribution in [2.24, 2.45) is 5.10 Å². The number of thiophene rings is 1. The second-order valence-corrected chi connectivity index (χ2v) is 7.29. The Hall–Kier alpha value is -2.38. The molecule has 0 fully saturated rings. The lowest BCUT2D eigenvalue weighted by Crippen LogP contribution is -2.38. The summed E-state index contributed by atoms with van der Waals surface area (Å²) in [7, 11) is 1.52. The first-order valence-electron chi connectivity index (χ1n) is 9.10. The maximum Gasteiger partial charge on any atom is 0.257 e. The monoisotopic (exact) mass is 387 g/mol. The molecule has 7 heteroatoms. The standard InChI is InChI=1S/C20H25N3O3S/c1-4-22(5-2)13-19(24)23-16(12-15(21-23)18-10-7-11-27-18)14-8-6-9-17(26-3)20(14)25/h6-11,16,25H,4-5,12-13H2,1-3H3/t16-/m0/s1. The van der Waals surface area contributed by atoms with Crippen molar-refractivity contribution in [1.29, 1.82) is 0 Å². The lowest BCUT2D eigenvalue weighted by atomic mass is 9.99. The number of para-hydroxylation sites is 1. The molecule has 6 nitrogen and oxygen atoms in total. The van der Waals surface area contributed by atoms with Crippen LogP contribution >= 0.6 is 11.3 Å². The van der Waals surface area contributed by atoms with Gasteiger partial charge in [0.25, 0.3) is 5.91 Å². The van der Waals surface area contributed by atoms with Gasteiger partial charge in [-0.1, -0.05) is 32.0 Å². The van der Waals surface area contributed by atoms with Crippen LogP contribution in [0, 0.1) is 0 Å². The number of carbonyl (C=O) groups is 1. The summed E-state index contributed by atoms with van der Waals surface area (Å²) in [6.07, 6.45) is 0.561. The highest BCUT2D eigenvalue weighted by Crippen LogP contribution is 2.41. The van der Waals surface area contributed by atoms with Crippen LogP contribution in [0.25, 0.3) is 0 Å². The first kappa shape index (κ1) is 19.4. The maximum atomic E-state index is 13.0. The van der Waals surface area contributed by atoms with Crippen LogP contribution < -0.4 is 4.74 Å². The van der Waals surface area contributed by atoms with Gasteiger partial charge in [-0.15, -0.1) is 11.3 Å². The van der Waals surface area contributed by atoms with E-state index in [2.05, 4.69) is 10.0 Å². The fourth-order valence-corrected chi connectivity index (χ4v) is 3.98. The van der Waals surface area contributed by atoms with E-state index in [1.165, 1.54) is 12.1 Å². The molecule has 144 valence electrons. The average Bonchev–Trinajstić information content (AvgIpc) is 3.35. The highest BCUT2D eigenvalue weighted by Gasteiger charge is 2.35. The first-order chi connectivity index (χ1) is 13.1. The summed E-state index contributed by atoms with van der Waals surface area (Å²) in [4.78, 5) is 16.1. The van der Waals surface area contributed by atoms with E-state index in [9.17, 15) is 9.90 Å². The number of aromatic hydroxyl groups is 1. The number of nitrogens with zero attached hydrogens (tertiary/aromatic N) is 3. The van der Waals surface area contributed by atoms with Gasteiger partial charge in [0.15, 0.2) is 11.5 Å². The van der Waals surface area contributed by atoms with E-state index in [1.54, 1.807) is 17.4 Å². The van der Waals surface area contributed by atoms with E-state index < -0.39 is 0 Å². The topological polar surface area (TPSA) is 65.4 Å². The number of hydrazone groups is 1. The molecule has 0 bridgehead atoms. The van der Waals surface area contributed by atoms with Crippen molar-refractivity contribution in [2.75, 3.05) is 26.7 Å². The van der Waals surface area contributed by atoms with Gasteiger partial charge < -0.3 is 9.84 Å². The molecule has 1 aromatic heterocycles. The van der Waals surface area contributed by atoms with Crippen LogP contribution in [0.2, 0.25) is 0 Å². The smallest absolute Gasteiger partial charge is 0.257 e. The summed E-state index contributed by atoms with van der Waals surface area (Å²) in [5, 5.41) is 18.8. The van der Waals surface area contributed by atoms with Gasteiger partial charge in [-0.25, -0.2) is 5.01 Å². The van der Waals surface area contributed by atoms with Crippen LogP contribution in [0.4, 0.5) is 0 Å². The van der Waals surface area contributed by atoms with Gasteiger partial charge in [0.05, 0.1) is 30.3 Å². The average molecular weight is 388 g/mol. The molecule has 0 unspecified atom stereocenters. The van der Waals surface area contributed by atoms with E-state index in [0.717, 1.165) is 23.7 Å². The third kappa shape index (κ3) is 3.99. The van der Waals surface area contributed by atoms with Crippen molar-refractivity contribution in [3.05, 3.63) is 46.2 Å². The lowest BCUT2D eigenvalue weighted by Gasteiger charge is -2.26. The molecule has 1 N–H and O–H groups in total. The van der Waals surface area contributed by atoms with Gasteiger partial charge in [-0.3, -0.25) is 9.69 Å². The van der Waals surface area contributed by atoms with Gasteiger partial charge in [0.1, 0.15) is 0 Å². The van der Waals surface area contributed by atoms with Crippen molar-refractivity contribution < 1.29 is 14.6 Å². The maximum absolute atomic E-state index is 13.0. The molecule has 0 saturated carbocycles. The number of methoxy groups -OCH3 is 1. The molecule has 1 aliphatic heterocycles. The van der Waals surface area contributed by atoms with Crippen LogP contribution in [0.1, 0.15) is 36.8 Å². The number of phenolic OH excluding ortho intramolecular Hbond substituents is 1. The predicted octanol–water partition coefficient (Wildman–Crippen LogP) is 3.48. The fraction of sp³-hybridized carbons (Fsp3) is 0.400. The Morgan fingerprint density at radius 1 is 1.33 bits per heavy atom. The zero-order valence-electron chi connectivity index (χ0n) is 15.9. The molecule has 2 aromatic rings. The number of hydrogen-bond donors (Lipinski definition) is 1. The van der Waals surface area contributed by atoms with Crippen molar-refractivity contribution in [1.82, 2.24) is 9.91 Å². The molecule has 1 aromatic carbocycles. The van der Waals surface area contributed by atoms with Crippen LogP contribution in [-0.4, -0.2) is 53.4 Å². The van der Waals surface area contributed by atoms with Crippen molar-refractivity contribution >= 4 is 23.0 Å². The Balaban J connectivity index is 1.95. The van der Waals surface area contributed by atoms with Crippen molar-refractivity contribution in [3.63, 3.8) is 0 Å². The quantitative estimate of drug-likeness (QED) is 0.790. The number of likely N-dealkylation sites (N-methyl/N-ethyl adjacent to an activating group) is 1. The van der Waals surface area contributed by atoms with E-state index in [-0.39, 0.29) is 17.7 Å². The fourth-order valence-electron chi connectivity index (χ4n) is 3.26. The Labute approximate surface area is 163 Å². The minimum Gasteiger partial charge on any atom is -0.504 e. The summed E-state index contributed by atoms with van der Waals surface area (Å²) in [5.41, 5.74) is 1.52. The number of amides is 1. The van der Waals surface area contributed by atoms with Crippen molar-refractivity contribution in [3.8, 4) is 11.5 Å². The number of hydrogen-bond acceptors (Lipinski definition) is 6. The van der Waals surface area contributed by atoms with Gasteiger partial charge in [-0.2, -0.15) is 5.10 Å². The number of benzene rings is 1. The summed E-state index contributed by atoms with van der Waals surface area (Å²) >= 11 is 1.60. The Kier molecular flexibility index (Phi) is 6.13. The second kappa shape index (κ2) is 8.54. The number of carbonyl (C=O) groups excluding carboxylic acids is 1.